The fourth-order valence-electron chi connectivity index (χ4n) is 3.11. The van der Waals surface area contributed by atoms with Crippen molar-refractivity contribution < 1.29 is 14.0 Å². The molecule has 3 rings (SSSR count). The third-order valence-corrected chi connectivity index (χ3v) is 4.59. The molecular formula is C22H23FN2O2. The van der Waals surface area contributed by atoms with Crippen LogP contribution in [0.15, 0.2) is 60.3 Å². The van der Waals surface area contributed by atoms with Crippen molar-refractivity contribution in [3.8, 4) is 0 Å². The normalized spacial score (nSPS) is 15.1. The Hall–Kier alpha value is -2.95. The molecule has 2 aromatic rings. The van der Waals surface area contributed by atoms with Crippen LogP contribution < -0.4 is 5.32 Å². The van der Waals surface area contributed by atoms with Crippen molar-refractivity contribution in [1.29, 1.82) is 0 Å². The first-order valence-corrected chi connectivity index (χ1v) is 9.26. The number of carbonyl (C=O) groups is 2. The second-order valence-electron chi connectivity index (χ2n) is 6.64. The lowest BCUT2D eigenvalue weighted by Gasteiger charge is -2.22. The van der Waals surface area contributed by atoms with Crippen LogP contribution in [0.1, 0.15) is 41.6 Å². The van der Waals surface area contributed by atoms with Crippen molar-refractivity contribution in [1.82, 2.24) is 10.2 Å². The number of likely N-dealkylation sites (tertiary alicyclic amines) is 1. The van der Waals surface area contributed by atoms with Gasteiger partial charge in [-0.2, -0.15) is 0 Å². The van der Waals surface area contributed by atoms with E-state index in [0.29, 0.717) is 24.2 Å². The minimum absolute atomic E-state index is 0.203. The molecule has 0 saturated carbocycles. The maximum Gasteiger partial charge on any atom is 0.270 e. The molecule has 0 bridgehead atoms. The van der Waals surface area contributed by atoms with Crippen LogP contribution in [0.3, 0.4) is 0 Å². The lowest BCUT2D eigenvalue weighted by atomic mass is 10.1. The zero-order chi connectivity index (χ0) is 19.1. The Kier molecular flexibility index (Phi) is 6.36. The van der Waals surface area contributed by atoms with Gasteiger partial charge in [0.25, 0.3) is 11.8 Å². The van der Waals surface area contributed by atoms with Gasteiger partial charge in [0.2, 0.25) is 0 Å². The Morgan fingerprint density at radius 1 is 0.889 bits per heavy atom. The Bertz CT molecular complexity index is 808. The molecule has 1 aliphatic rings. The molecule has 0 spiro atoms. The fourth-order valence-corrected chi connectivity index (χ4v) is 3.11. The van der Waals surface area contributed by atoms with Gasteiger partial charge in [-0.05, 0) is 48.7 Å². The molecule has 4 nitrogen and oxygen atoms in total. The molecule has 0 atom stereocenters. The van der Waals surface area contributed by atoms with E-state index in [-0.39, 0.29) is 23.3 Å². The summed E-state index contributed by atoms with van der Waals surface area (Å²) in [6, 6.07) is 14.6. The van der Waals surface area contributed by atoms with Gasteiger partial charge in [0.05, 0.1) is 0 Å². The third kappa shape index (κ3) is 5.26. The van der Waals surface area contributed by atoms with Crippen LogP contribution in [0.5, 0.6) is 0 Å². The zero-order valence-electron chi connectivity index (χ0n) is 15.2. The number of nitrogens with zero attached hydrogens (tertiary/aromatic N) is 1. The molecule has 0 aromatic heterocycles. The second kappa shape index (κ2) is 9.12. The summed E-state index contributed by atoms with van der Waals surface area (Å²) < 4.78 is 13.2. The van der Waals surface area contributed by atoms with E-state index in [4.69, 9.17) is 0 Å². The van der Waals surface area contributed by atoms with E-state index < -0.39 is 0 Å². The van der Waals surface area contributed by atoms with E-state index in [9.17, 15) is 14.0 Å². The van der Waals surface area contributed by atoms with E-state index in [1.807, 2.05) is 6.07 Å². The number of nitrogens with one attached hydrogen (secondary N) is 1. The predicted octanol–water partition coefficient (Wildman–Crippen LogP) is 4.00. The molecule has 1 fully saturated rings. The van der Waals surface area contributed by atoms with Crippen molar-refractivity contribution in [2.75, 3.05) is 13.1 Å². The van der Waals surface area contributed by atoms with Crippen LogP contribution in [0, 0.1) is 5.82 Å². The fraction of sp³-hybridized carbons (Fsp3) is 0.273. The lowest BCUT2D eigenvalue weighted by Crippen LogP contribution is -2.39. The standard InChI is InChI=1S/C22H23FN2O2/c23-19-12-10-17(11-13-19)16-20(22(27)25-14-6-1-2-7-15-25)24-21(26)18-8-4-3-5-9-18/h3-5,8-13,16H,1-2,6-7,14-15H2,(H,24,26). The average molecular weight is 366 g/mol. The van der Waals surface area contributed by atoms with Crippen LogP contribution in [0.2, 0.25) is 0 Å². The summed E-state index contributed by atoms with van der Waals surface area (Å²) in [5.74, 6) is -0.890. The van der Waals surface area contributed by atoms with Gasteiger partial charge < -0.3 is 10.2 Å². The van der Waals surface area contributed by atoms with Gasteiger partial charge in [-0.3, -0.25) is 9.59 Å². The minimum atomic E-state index is -0.346. The summed E-state index contributed by atoms with van der Waals surface area (Å²) in [4.78, 5) is 27.4. The molecule has 1 heterocycles. The van der Waals surface area contributed by atoms with Crippen molar-refractivity contribution in [3.63, 3.8) is 0 Å². The van der Waals surface area contributed by atoms with Crippen LogP contribution in [0.25, 0.3) is 6.08 Å². The van der Waals surface area contributed by atoms with E-state index in [2.05, 4.69) is 5.32 Å². The number of rotatable bonds is 4. The number of halogens is 1. The molecule has 1 aliphatic heterocycles. The number of benzene rings is 2. The molecule has 2 amide bonds. The lowest BCUT2D eigenvalue weighted by molar-refractivity contribution is -0.127. The summed E-state index contributed by atoms with van der Waals surface area (Å²) in [5.41, 5.74) is 1.34. The molecule has 5 heteroatoms. The van der Waals surface area contributed by atoms with Gasteiger partial charge >= 0.3 is 0 Å². The summed E-state index contributed by atoms with van der Waals surface area (Å²) in [6.45, 7) is 1.36. The Balaban J connectivity index is 1.86. The number of hydrogen-bond acceptors (Lipinski definition) is 2. The predicted molar refractivity (Wildman–Crippen MR) is 103 cm³/mol. The van der Waals surface area contributed by atoms with Gasteiger partial charge in [0.1, 0.15) is 11.5 Å². The van der Waals surface area contributed by atoms with Crippen LogP contribution >= 0.6 is 0 Å². The maximum absolute atomic E-state index is 13.2. The maximum atomic E-state index is 13.2. The van der Waals surface area contributed by atoms with Gasteiger partial charge in [-0.15, -0.1) is 0 Å². The van der Waals surface area contributed by atoms with Crippen LogP contribution in [-0.4, -0.2) is 29.8 Å². The molecule has 0 aliphatic carbocycles. The van der Waals surface area contributed by atoms with Crippen LogP contribution in [0.4, 0.5) is 4.39 Å². The Morgan fingerprint density at radius 3 is 2.15 bits per heavy atom. The van der Waals surface area contributed by atoms with Crippen molar-refractivity contribution in [2.24, 2.45) is 0 Å². The Morgan fingerprint density at radius 2 is 1.52 bits per heavy atom. The monoisotopic (exact) mass is 366 g/mol. The second-order valence-corrected chi connectivity index (χ2v) is 6.64. The summed E-state index contributed by atoms with van der Waals surface area (Å²) in [5, 5.41) is 2.75. The van der Waals surface area contributed by atoms with E-state index in [1.165, 1.54) is 12.1 Å². The highest BCUT2D eigenvalue weighted by atomic mass is 19.1. The summed E-state index contributed by atoms with van der Waals surface area (Å²) >= 11 is 0. The first kappa shape index (κ1) is 18.8. The van der Waals surface area contributed by atoms with E-state index in [1.54, 1.807) is 47.4 Å². The molecule has 140 valence electrons. The topological polar surface area (TPSA) is 49.4 Å². The summed E-state index contributed by atoms with van der Waals surface area (Å²) in [7, 11) is 0. The third-order valence-electron chi connectivity index (χ3n) is 4.59. The first-order valence-electron chi connectivity index (χ1n) is 9.26. The van der Waals surface area contributed by atoms with Gasteiger partial charge in [0.15, 0.2) is 0 Å². The van der Waals surface area contributed by atoms with Gasteiger partial charge in [-0.1, -0.05) is 43.2 Å². The Labute approximate surface area is 158 Å². The van der Waals surface area contributed by atoms with Crippen molar-refractivity contribution >= 4 is 17.9 Å². The highest BCUT2D eigenvalue weighted by Gasteiger charge is 2.21. The van der Waals surface area contributed by atoms with E-state index in [0.717, 1.165) is 25.7 Å². The molecule has 2 aromatic carbocycles. The molecule has 0 radical (unpaired) electrons. The SMILES string of the molecule is O=C(NC(=Cc1ccc(F)cc1)C(=O)N1CCCCCC1)c1ccccc1. The molecule has 1 saturated heterocycles. The quantitative estimate of drug-likeness (QED) is 0.832. The first-order chi connectivity index (χ1) is 13.1. The highest BCUT2D eigenvalue weighted by Crippen LogP contribution is 2.15. The van der Waals surface area contributed by atoms with Gasteiger partial charge in [0, 0.05) is 18.7 Å². The molecular weight excluding hydrogens is 343 g/mol. The average Bonchev–Trinajstić information content (AvgIpc) is 2.98. The number of hydrogen-bond donors (Lipinski definition) is 1. The van der Waals surface area contributed by atoms with E-state index >= 15 is 0 Å². The molecule has 1 N–H and O–H groups in total. The molecule has 27 heavy (non-hydrogen) atoms. The largest absolute Gasteiger partial charge is 0.337 e. The minimum Gasteiger partial charge on any atom is -0.337 e. The van der Waals surface area contributed by atoms with Crippen molar-refractivity contribution in [2.45, 2.75) is 25.7 Å². The smallest absolute Gasteiger partial charge is 0.270 e. The number of amides is 2. The zero-order valence-corrected chi connectivity index (χ0v) is 15.2. The highest BCUT2D eigenvalue weighted by molar-refractivity contribution is 6.05. The molecule has 0 unspecified atom stereocenters. The van der Waals surface area contributed by atoms with Crippen LogP contribution in [-0.2, 0) is 4.79 Å². The number of carbonyl (C=O) groups excluding carboxylic acids is 2. The van der Waals surface area contributed by atoms with Gasteiger partial charge in [-0.25, -0.2) is 4.39 Å². The van der Waals surface area contributed by atoms with Crippen molar-refractivity contribution in [3.05, 3.63) is 77.2 Å². The summed E-state index contributed by atoms with van der Waals surface area (Å²) in [6.07, 6.45) is 5.74.